The minimum Gasteiger partial charge on any atom is -0.372 e. The Morgan fingerprint density at radius 2 is 1.74 bits per heavy atom. The zero-order chi connectivity index (χ0) is 22.0. The van der Waals surface area contributed by atoms with Gasteiger partial charge in [-0.1, -0.05) is 12.1 Å². The van der Waals surface area contributed by atoms with Crippen molar-refractivity contribution < 1.29 is 18.7 Å². The van der Waals surface area contributed by atoms with Crippen LogP contribution in [0.4, 0.5) is 4.39 Å². The van der Waals surface area contributed by atoms with Gasteiger partial charge in [-0.05, 0) is 44.4 Å². The summed E-state index contributed by atoms with van der Waals surface area (Å²) in [7, 11) is 0. The van der Waals surface area contributed by atoms with Crippen LogP contribution in [0.25, 0.3) is 0 Å². The Morgan fingerprint density at radius 3 is 2.39 bits per heavy atom. The lowest BCUT2D eigenvalue weighted by molar-refractivity contribution is -0.131. The van der Waals surface area contributed by atoms with Gasteiger partial charge in [0.25, 0.3) is 5.91 Å². The van der Waals surface area contributed by atoms with Gasteiger partial charge >= 0.3 is 0 Å². The van der Waals surface area contributed by atoms with Gasteiger partial charge in [0.1, 0.15) is 5.82 Å². The number of rotatable bonds is 4. The van der Waals surface area contributed by atoms with E-state index in [-0.39, 0.29) is 42.2 Å². The molecule has 4 rings (SSSR count). The number of likely N-dealkylation sites (tertiary alicyclic amines) is 1. The Kier molecular flexibility index (Phi) is 6.36. The molecule has 1 aromatic heterocycles. The first kappa shape index (κ1) is 21.5. The maximum atomic E-state index is 13.1. The average molecular weight is 429 g/mol. The number of hydrogen-bond acceptors (Lipinski definition) is 4. The van der Waals surface area contributed by atoms with Crippen LogP contribution in [0.3, 0.4) is 0 Å². The van der Waals surface area contributed by atoms with Crippen molar-refractivity contribution in [3.8, 4) is 0 Å². The number of aromatic amines is 1. The van der Waals surface area contributed by atoms with Crippen LogP contribution in [-0.4, -0.2) is 70.2 Å². The largest absolute Gasteiger partial charge is 0.372 e. The molecule has 2 aliphatic heterocycles. The molecule has 0 unspecified atom stereocenters. The van der Waals surface area contributed by atoms with Gasteiger partial charge in [0.05, 0.1) is 36.1 Å². The summed E-state index contributed by atoms with van der Waals surface area (Å²) < 4.78 is 18.8. The van der Waals surface area contributed by atoms with Gasteiger partial charge in [-0.25, -0.2) is 4.39 Å². The number of nitrogens with one attached hydrogen (secondary N) is 1. The third-order valence-corrected chi connectivity index (χ3v) is 6.13. The highest BCUT2D eigenvalue weighted by Gasteiger charge is 2.32. The lowest BCUT2D eigenvalue weighted by Crippen LogP contribution is -2.48. The first-order chi connectivity index (χ1) is 14.9. The molecule has 0 radical (unpaired) electrons. The van der Waals surface area contributed by atoms with E-state index in [0.717, 1.165) is 24.1 Å². The monoisotopic (exact) mass is 428 g/mol. The number of carbonyl (C=O) groups is 2. The topological polar surface area (TPSA) is 78.5 Å². The first-order valence-corrected chi connectivity index (χ1v) is 10.9. The van der Waals surface area contributed by atoms with Crippen LogP contribution in [-0.2, 0) is 16.0 Å². The maximum Gasteiger partial charge on any atom is 0.257 e. The second-order valence-corrected chi connectivity index (χ2v) is 8.62. The SMILES string of the molecule is C[C@H]1CN(C(=O)c2cn[nH]c2C2CCN(C(=O)Cc3ccc(F)cc3)CC2)C[C@H](C)O1. The van der Waals surface area contributed by atoms with E-state index in [9.17, 15) is 14.0 Å². The van der Waals surface area contributed by atoms with Crippen molar-refractivity contribution >= 4 is 11.8 Å². The molecular formula is C23H29FN4O3. The molecular weight excluding hydrogens is 399 g/mol. The number of ether oxygens (including phenoxy) is 1. The molecule has 0 saturated carbocycles. The fourth-order valence-corrected chi connectivity index (χ4v) is 4.60. The summed E-state index contributed by atoms with van der Waals surface area (Å²) in [5.41, 5.74) is 2.30. The summed E-state index contributed by atoms with van der Waals surface area (Å²) >= 11 is 0. The number of piperidine rings is 1. The van der Waals surface area contributed by atoms with E-state index in [1.807, 2.05) is 23.6 Å². The highest BCUT2D eigenvalue weighted by atomic mass is 19.1. The van der Waals surface area contributed by atoms with Crippen LogP contribution in [0.1, 0.15) is 54.2 Å². The van der Waals surface area contributed by atoms with Crippen molar-refractivity contribution in [1.29, 1.82) is 0 Å². The minimum absolute atomic E-state index is 0.0124. The van der Waals surface area contributed by atoms with Gasteiger partial charge in [-0.15, -0.1) is 0 Å². The second kappa shape index (κ2) is 9.18. The smallest absolute Gasteiger partial charge is 0.257 e. The van der Waals surface area contributed by atoms with Crippen LogP contribution in [0.15, 0.2) is 30.5 Å². The maximum absolute atomic E-state index is 13.1. The average Bonchev–Trinajstić information content (AvgIpc) is 3.24. The Hall–Kier alpha value is -2.74. The summed E-state index contributed by atoms with van der Waals surface area (Å²) in [5.74, 6) is -0.113. The van der Waals surface area contributed by atoms with Gasteiger partial charge < -0.3 is 14.5 Å². The van der Waals surface area contributed by atoms with Crippen molar-refractivity contribution in [2.45, 2.75) is 51.2 Å². The quantitative estimate of drug-likeness (QED) is 0.812. The van der Waals surface area contributed by atoms with Gasteiger partial charge in [0.2, 0.25) is 5.91 Å². The zero-order valence-corrected chi connectivity index (χ0v) is 18.0. The number of halogens is 1. The highest BCUT2D eigenvalue weighted by molar-refractivity contribution is 5.95. The standard InChI is InChI=1S/C23H29FN4O3/c1-15-13-28(14-16(2)31-15)23(30)20-12-25-26-22(20)18-7-9-27(10-8-18)21(29)11-17-3-5-19(24)6-4-17/h3-6,12,15-16,18H,7-11,13-14H2,1-2H3,(H,25,26)/t15-,16-/m0/s1. The van der Waals surface area contributed by atoms with E-state index in [1.165, 1.54) is 12.1 Å². The van der Waals surface area contributed by atoms with Crippen LogP contribution in [0.2, 0.25) is 0 Å². The van der Waals surface area contributed by atoms with E-state index in [2.05, 4.69) is 10.2 Å². The summed E-state index contributed by atoms with van der Waals surface area (Å²) in [6.07, 6.45) is 3.46. The Bertz CT molecular complexity index is 911. The van der Waals surface area contributed by atoms with Gasteiger partial charge in [0.15, 0.2) is 0 Å². The van der Waals surface area contributed by atoms with E-state index < -0.39 is 0 Å². The fraction of sp³-hybridized carbons (Fsp3) is 0.522. The predicted molar refractivity (Wildman–Crippen MR) is 113 cm³/mol. The minimum atomic E-state index is -0.303. The lowest BCUT2D eigenvalue weighted by Gasteiger charge is -2.36. The molecule has 2 amide bonds. The van der Waals surface area contributed by atoms with Crippen molar-refractivity contribution in [2.24, 2.45) is 0 Å². The molecule has 0 spiro atoms. The number of carbonyl (C=O) groups excluding carboxylic acids is 2. The number of morpholine rings is 1. The number of nitrogens with zero attached hydrogens (tertiary/aromatic N) is 3. The van der Waals surface area contributed by atoms with E-state index in [0.29, 0.717) is 31.7 Å². The molecule has 3 heterocycles. The summed E-state index contributed by atoms with van der Waals surface area (Å²) in [4.78, 5) is 29.5. The molecule has 1 aromatic carbocycles. The number of benzene rings is 1. The van der Waals surface area contributed by atoms with Crippen molar-refractivity contribution in [3.63, 3.8) is 0 Å². The van der Waals surface area contributed by atoms with Gasteiger partial charge in [-0.3, -0.25) is 14.7 Å². The Balaban J connectivity index is 1.36. The van der Waals surface area contributed by atoms with Crippen molar-refractivity contribution in [1.82, 2.24) is 20.0 Å². The third kappa shape index (κ3) is 4.95. The lowest BCUT2D eigenvalue weighted by atomic mass is 9.90. The first-order valence-electron chi connectivity index (χ1n) is 10.9. The highest BCUT2D eigenvalue weighted by Crippen LogP contribution is 2.30. The third-order valence-electron chi connectivity index (χ3n) is 6.13. The van der Waals surface area contributed by atoms with Gasteiger partial charge in [-0.2, -0.15) is 5.10 Å². The molecule has 2 saturated heterocycles. The molecule has 31 heavy (non-hydrogen) atoms. The van der Waals surface area contributed by atoms with Crippen LogP contribution < -0.4 is 0 Å². The van der Waals surface area contributed by atoms with E-state index >= 15 is 0 Å². The van der Waals surface area contributed by atoms with Crippen molar-refractivity contribution in [2.75, 3.05) is 26.2 Å². The Morgan fingerprint density at radius 1 is 1.10 bits per heavy atom. The molecule has 2 fully saturated rings. The van der Waals surface area contributed by atoms with Crippen LogP contribution >= 0.6 is 0 Å². The second-order valence-electron chi connectivity index (χ2n) is 8.62. The number of H-pyrrole nitrogens is 1. The van der Waals surface area contributed by atoms with Crippen LogP contribution in [0, 0.1) is 5.82 Å². The number of hydrogen-bond donors (Lipinski definition) is 1. The molecule has 8 heteroatoms. The molecule has 7 nitrogen and oxygen atoms in total. The molecule has 0 bridgehead atoms. The molecule has 166 valence electrons. The number of amides is 2. The number of aromatic nitrogens is 2. The molecule has 0 aliphatic carbocycles. The van der Waals surface area contributed by atoms with E-state index in [1.54, 1.807) is 18.3 Å². The molecule has 1 N–H and O–H groups in total. The Labute approximate surface area is 181 Å². The van der Waals surface area contributed by atoms with Crippen LogP contribution in [0.5, 0.6) is 0 Å². The fourth-order valence-electron chi connectivity index (χ4n) is 4.60. The van der Waals surface area contributed by atoms with Crippen molar-refractivity contribution in [3.05, 3.63) is 53.1 Å². The summed E-state index contributed by atoms with van der Waals surface area (Å²) in [6.45, 7) is 6.36. The molecule has 2 aromatic rings. The molecule has 2 atom stereocenters. The predicted octanol–water partition coefficient (Wildman–Crippen LogP) is 2.75. The van der Waals surface area contributed by atoms with E-state index in [4.69, 9.17) is 4.74 Å². The molecule has 2 aliphatic rings. The zero-order valence-electron chi connectivity index (χ0n) is 18.0. The summed E-state index contributed by atoms with van der Waals surface area (Å²) in [5, 5.41) is 7.19. The van der Waals surface area contributed by atoms with Gasteiger partial charge in [0, 0.05) is 32.1 Å². The summed E-state index contributed by atoms with van der Waals surface area (Å²) in [6, 6.07) is 6.05. The normalized spacial score (nSPS) is 22.5.